The van der Waals surface area contributed by atoms with E-state index in [0.29, 0.717) is 5.56 Å². The maximum Gasteiger partial charge on any atom is 0.411 e. The van der Waals surface area contributed by atoms with Crippen molar-refractivity contribution >= 4 is 11.9 Å². The standard InChI is InChI=1S/C17H21F2NO3/c1-10-5-6-11(7-13(10)19)15(21)14-8-12(18)9-20(14)16(22)23-17(2,3)4/h5-7,12,14H,8-9H2,1-4H3/t12-,14+/m1/s1. The fourth-order valence-electron chi connectivity index (χ4n) is 2.49. The summed E-state index contributed by atoms with van der Waals surface area (Å²) in [6.45, 7) is 6.48. The number of Topliss-reactive ketones (excluding diaryl/α,β-unsaturated/α-hetero) is 1. The molecule has 6 heteroatoms. The largest absolute Gasteiger partial charge is 0.444 e. The zero-order chi connectivity index (χ0) is 17.4. The Balaban J connectivity index is 2.23. The molecule has 1 aromatic carbocycles. The van der Waals surface area contributed by atoms with Gasteiger partial charge in [-0.05, 0) is 39.3 Å². The zero-order valence-corrected chi connectivity index (χ0v) is 13.7. The summed E-state index contributed by atoms with van der Waals surface area (Å²) in [7, 11) is 0. The van der Waals surface area contributed by atoms with Crippen LogP contribution in [0.4, 0.5) is 13.6 Å². The molecule has 1 saturated heterocycles. The summed E-state index contributed by atoms with van der Waals surface area (Å²) >= 11 is 0. The number of amides is 1. The normalized spacial score (nSPS) is 21.4. The molecule has 126 valence electrons. The first-order valence-corrected chi connectivity index (χ1v) is 7.52. The SMILES string of the molecule is Cc1ccc(C(=O)[C@@H]2C[C@@H](F)CN2C(=O)OC(C)(C)C)cc1F. The van der Waals surface area contributed by atoms with Crippen LogP contribution in [0.3, 0.4) is 0 Å². The van der Waals surface area contributed by atoms with Crippen LogP contribution in [-0.2, 0) is 4.74 Å². The highest BCUT2D eigenvalue weighted by atomic mass is 19.1. The number of carbonyl (C=O) groups is 2. The summed E-state index contributed by atoms with van der Waals surface area (Å²) in [5, 5.41) is 0. The molecule has 0 aliphatic carbocycles. The lowest BCUT2D eigenvalue weighted by molar-refractivity contribution is 0.0215. The maximum absolute atomic E-state index is 13.8. The van der Waals surface area contributed by atoms with Crippen molar-refractivity contribution in [1.29, 1.82) is 0 Å². The molecule has 0 bridgehead atoms. The van der Waals surface area contributed by atoms with Gasteiger partial charge in [-0.15, -0.1) is 0 Å². The summed E-state index contributed by atoms with van der Waals surface area (Å²) in [4.78, 5) is 25.8. The monoisotopic (exact) mass is 325 g/mol. The Kier molecular flexibility index (Phi) is 4.73. The Bertz CT molecular complexity index is 625. The molecule has 1 aromatic rings. The second-order valence-corrected chi connectivity index (χ2v) is 6.81. The van der Waals surface area contributed by atoms with Crippen LogP contribution in [0.5, 0.6) is 0 Å². The molecule has 1 heterocycles. The van der Waals surface area contributed by atoms with Crippen LogP contribution < -0.4 is 0 Å². The number of ether oxygens (including phenoxy) is 1. The van der Waals surface area contributed by atoms with Crippen molar-refractivity contribution in [2.24, 2.45) is 0 Å². The van der Waals surface area contributed by atoms with Gasteiger partial charge in [0.15, 0.2) is 5.78 Å². The van der Waals surface area contributed by atoms with Gasteiger partial charge >= 0.3 is 6.09 Å². The van der Waals surface area contributed by atoms with Crippen LogP contribution >= 0.6 is 0 Å². The van der Waals surface area contributed by atoms with Crippen LogP contribution in [0.15, 0.2) is 18.2 Å². The number of hydrogen-bond acceptors (Lipinski definition) is 3. The third-order valence-electron chi connectivity index (χ3n) is 3.64. The average Bonchev–Trinajstić information content (AvgIpc) is 2.81. The maximum atomic E-state index is 13.8. The van der Waals surface area contributed by atoms with Gasteiger partial charge in [0.05, 0.1) is 6.54 Å². The molecule has 1 aliphatic rings. The van der Waals surface area contributed by atoms with Crippen LogP contribution in [0.25, 0.3) is 0 Å². The topological polar surface area (TPSA) is 46.6 Å². The molecule has 4 nitrogen and oxygen atoms in total. The molecule has 1 aliphatic heterocycles. The molecule has 23 heavy (non-hydrogen) atoms. The van der Waals surface area contributed by atoms with Crippen LogP contribution in [0, 0.1) is 12.7 Å². The lowest BCUT2D eigenvalue weighted by Crippen LogP contribution is -2.43. The Morgan fingerprint density at radius 2 is 1.96 bits per heavy atom. The van der Waals surface area contributed by atoms with E-state index in [-0.39, 0.29) is 18.5 Å². The number of carbonyl (C=O) groups excluding carboxylic acids is 2. The smallest absolute Gasteiger partial charge is 0.411 e. The number of hydrogen-bond donors (Lipinski definition) is 0. The van der Waals surface area contributed by atoms with Gasteiger partial charge in [0.1, 0.15) is 23.6 Å². The number of ketones is 1. The highest BCUT2D eigenvalue weighted by Gasteiger charge is 2.41. The number of benzene rings is 1. The van der Waals surface area contributed by atoms with Crippen molar-refractivity contribution in [3.05, 3.63) is 35.1 Å². The first-order valence-electron chi connectivity index (χ1n) is 7.52. The third-order valence-corrected chi connectivity index (χ3v) is 3.64. The summed E-state index contributed by atoms with van der Waals surface area (Å²) in [5.41, 5.74) is -0.198. The van der Waals surface area contributed by atoms with Gasteiger partial charge < -0.3 is 4.74 Å². The molecule has 2 atom stereocenters. The van der Waals surface area contributed by atoms with Crippen LogP contribution in [0.2, 0.25) is 0 Å². The molecule has 0 saturated carbocycles. The summed E-state index contributed by atoms with van der Waals surface area (Å²) in [6.07, 6.45) is -2.14. The highest BCUT2D eigenvalue weighted by molar-refractivity contribution is 6.01. The fourth-order valence-corrected chi connectivity index (χ4v) is 2.49. The predicted octanol–water partition coefficient (Wildman–Crippen LogP) is 3.66. The first-order chi connectivity index (χ1) is 10.6. The minimum Gasteiger partial charge on any atom is -0.444 e. The van der Waals surface area contributed by atoms with Gasteiger partial charge in [0.25, 0.3) is 0 Å². The predicted molar refractivity (Wildman–Crippen MR) is 81.7 cm³/mol. The van der Waals surface area contributed by atoms with Gasteiger partial charge in [-0.1, -0.05) is 12.1 Å². The Hall–Kier alpha value is -1.98. The second-order valence-electron chi connectivity index (χ2n) is 6.81. The quantitative estimate of drug-likeness (QED) is 0.780. The first kappa shape index (κ1) is 17.4. The lowest BCUT2D eigenvalue weighted by Gasteiger charge is -2.27. The number of rotatable bonds is 2. The molecule has 0 N–H and O–H groups in total. The van der Waals surface area contributed by atoms with Crippen molar-refractivity contribution in [2.45, 2.75) is 51.9 Å². The summed E-state index contributed by atoms with van der Waals surface area (Å²) < 4.78 is 32.6. The van der Waals surface area contributed by atoms with E-state index in [1.807, 2.05) is 0 Å². The van der Waals surface area contributed by atoms with E-state index in [4.69, 9.17) is 4.74 Å². The van der Waals surface area contributed by atoms with E-state index in [9.17, 15) is 18.4 Å². The molecular formula is C17H21F2NO3. The molecule has 1 fully saturated rings. The number of likely N-dealkylation sites (tertiary alicyclic amines) is 1. The Morgan fingerprint density at radius 1 is 1.30 bits per heavy atom. The molecular weight excluding hydrogens is 304 g/mol. The number of halogens is 2. The van der Waals surface area contributed by atoms with Gasteiger partial charge in [-0.2, -0.15) is 0 Å². The van der Waals surface area contributed by atoms with E-state index < -0.39 is 35.5 Å². The highest BCUT2D eigenvalue weighted by Crippen LogP contribution is 2.26. The summed E-state index contributed by atoms with van der Waals surface area (Å²) in [5.74, 6) is -0.982. The van der Waals surface area contributed by atoms with Gasteiger partial charge in [0, 0.05) is 12.0 Å². The van der Waals surface area contributed by atoms with E-state index in [1.165, 1.54) is 12.1 Å². The van der Waals surface area contributed by atoms with E-state index in [2.05, 4.69) is 0 Å². The van der Waals surface area contributed by atoms with Crippen molar-refractivity contribution in [3.8, 4) is 0 Å². The minimum atomic E-state index is -1.30. The molecule has 0 unspecified atom stereocenters. The number of nitrogens with zero attached hydrogens (tertiary/aromatic N) is 1. The van der Waals surface area contributed by atoms with Crippen molar-refractivity contribution < 1.29 is 23.1 Å². The Morgan fingerprint density at radius 3 is 2.52 bits per heavy atom. The fraction of sp³-hybridized carbons (Fsp3) is 0.529. The third kappa shape index (κ3) is 4.06. The van der Waals surface area contributed by atoms with Crippen LogP contribution in [0.1, 0.15) is 43.1 Å². The van der Waals surface area contributed by atoms with Crippen LogP contribution in [-0.4, -0.2) is 41.1 Å². The van der Waals surface area contributed by atoms with E-state index in [0.717, 1.165) is 11.0 Å². The molecule has 1 amide bonds. The lowest BCUT2D eigenvalue weighted by atomic mass is 10.0. The molecule has 0 aromatic heterocycles. The van der Waals surface area contributed by atoms with Gasteiger partial charge in [0.2, 0.25) is 0 Å². The van der Waals surface area contributed by atoms with E-state index in [1.54, 1.807) is 27.7 Å². The summed E-state index contributed by atoms with van der Waals surface area (Å²) in [6, 6.07) is 3.13. The van der Waals surface area contributed by atoms with Gasteiger partial charge in [-0.3, -0.25) is 9.69 Å². The number of alkyl halides is 1. The van der Waals surface area contributed by atoms with Crippen molar-refractivity contribution in [3.63, 3.8) is 0 Å². The van der Waals surface area contributed by atoms with Crippen molar-refractivity contribution in [2.75, 3.05) is 6.54 Å². The van der Waals surface area contributed by atoms with Gasteiger partial charge in [-0.25, -0.2) is 13.6 Å². The zero-order valence-electron chi connectivity index (χ0n) is 13.7. The van der Waals surface area contributed by atoms with E-state index >= 15 is 0 Å². The second kappa shape index (κ2) is 6.26. The minimum absolute atomic E-state index is 0.104. The average molecular weight is 325 g/mol. The Labute approximate surface area is 134 Å². The molecule has 2 rings (SSSR count). The van der Waals surface area contributed by atoms with Crippen molar-refractivity contribution in [1.82, 2.24) is 4.90 Å². The molecule has 0 spiro atoms. The molecule has 0 radical (unpaired) electrons. The number of aryl methyl sites for hydroxylation is 1.